The number of rotatable bonds is 5. The topological polar surface area (TPSA) is 12.5 Å². The molecule has 0 aliphatic carbocycles. The summed E-state index contributed by atoms with van der Waals surface area (Å²) >= 11 is 3.52. The molecule has 0 bridgehead atoms. The minimum atomic E-state index is -4.67. The predicted molar refractivity (Wildman–Crippen MR) is 98.6 cm³/mol. The fraction of sp³-hybridized carbons (Fsp3) is 0.444. The molecule has 0 aromatic heterocycles. The number of halogens is 4. The summed E-state index contributed by atoms with van der Waals surface area (Å²) in [6, 6.07) is 5.77. The molecule has 0 radical (unpaired) electrons. The third-order valence-electron chi connectivity index (χ3n) is 3.26. The van der Waals surface area contributed by atoms with Crippen LogP contribution in [0.5, 0.6) is 5.75 Å². The molecule has 0 spiro atoms. The van der Waals surface area contributed by atoms with E-state index in [0.717, 1.165) is 22.3 Å². The maximum absolute atomic E-state index is 12.1. The molecular formula is C18H25BrF3NO. The fourth-order valence-electron chi connectivity index (χ4n) is 1.65. The lowest BCUT2D eigenvalue weighted by molar-refractivity contribution is -0.274. The smallest absolute Gasteiger partial charge is 0.406 e. The van der Waals surface area contributed by atoms with Gasteiger partial charge in [-0.05, 0) is 50.6 Å². The molecule has 0 aliphatic rings. The van der Waals surface area contributed by atoms with Crippen molar-refractivity contribution in [1.29, 1.82) is 0 Å². The molecule has 0 saturated heterocycles. The van der Waals surface area contributed by atoms with Crippen molar-refractivity contribution < 1.29 is 17.9 Å². The number of alkyl halides is 3. The molecule has 0 unspecified atom stereocenters. The van der Waals surface area contributed by atoms with Gasteiger partial charge in [0, 0.05) is 22.9 Å². The van der Waals surface area contributed by atoms with Crippen molar-refractivity contribution in [3.8, 4) is 5.75 Å². The average molecular weight is 408 g/mol. The van der Waals surface area contributed by atoms with Crippen molar-refractivity contribution in [3.05, 3.63) is 46.1 Å². The summed E-state index contributed by atoms with van der Waals surface area (Å²) in [6.07, 6.45) is -1.74. The van der Waals surface area contributed by atoms with Gasteiger partial charge in [-0.3, -0.25) is 0 Å². The zero-order valence-electron chi connectivity index (χ0n) is 15.0. The Balaban J connectivity index is 0.00000254. The van der Waals surface area contributed by atoms with E-state index in [9.17, 15) is 13.2 Å². The Hall–Kier alpha value is -1.43. The van der Waals surface area contributed by atoms with Crippen LogP contribution in [-0.2, 0) is 0 Å². The zero-order valence-corrected chi connectivity index (χ0v) is 16.5. The summed E-state index contributed by atoms with van der Waals surface area (Å²) < 4.78 is 41.3. The zero-order chi connectivity index (χ0) is 18.9. The number of allylic oxidation sites excluding steroid dienone is 4. The van der Waals surface area contributed by atoms with E-state index in [1.54, 1.807) is 12.1 Å². The Morgan fingerprint density at radius 2 is 1.67 bits per heavy atom. The Morgan fingerprint density at radius 1 is 1.17 bits per heavy atom. The van der Waals surface area contributed by atoms with Crippen molar-refractivity contribution in [2.45, 2.75) is 47.4 Å². The highest BCUT2D eigenvalue weighted by molar-refractivity contribution is 9.11. The molecule has 0 fully saturated rings. The van der Waals surface area contributed by atoms with E-state index in [2.05, 4.69) is 27.6 Å². The van der Waals surface area contributed by atoms with Crippen LogP contribution >= 0.6 is 15.9 Å². The third kappa shape index (κ3) is 7.90. The Morgan fingerprint density at radius 3 is 2.08 bits per heavy atom. The van der Waals surface area contributed by atoms with Crippen molar-refractivity contribution in [3.63, 3.8) is 0 Å². The molecule has 6 heteroatoms. The summed E-state index contributed by atoms with van der Waals surface area (Å²) in [5.74, 6) is -0.228. The van der Waals surface area contributed by atoms with Crippen LogP contribution < -0.4 is 9.64 Å². The molecule has 0 N–H and O–H groups in total. The van der Waals surface area contributed by atoms with E-state index >= 15 is 0 Å². The van der Waals surface area contributed by atoms with Gasteiger partial charge in [0.2, 0.25) is 0 Å². The molecule has 2 nitrogen and oxygen atoms in total. The Kier molecular flexibility index (Phi) is 9.82. The van der Waals surface area contributed by atoms with Gasteiger partial charge in [-0.1, -0.05) is 42.3 Å². The van der Waals surface area contributed by atoms with E-state index in [0.29, 0.717) is 0 Å². The third-order valence-corrected chi connectivity index (χ3v) is 4.17. The molecule has 0 aliphatic heterocycles. The van der Waals surface area contributed by atoms with E-state index in [-0.39, 0.29) is 5.75 Å². The number of hydrogen-bond donors (Lipinski definition) is 0. The van der Waals surface area contributed by atoms with Crippen LogP contribution in [0, 0.1) is 0 Å². The molecule has 24 heavy (non-hydrogen) atoms. The lowest BCUT2D eigenvalue weighted by Gasteiger charge is -2.21. The van der Waals surface area contributed by atoms with E-state index in [4.69, 9.17) is 0 Å². The highest BCUT2D eigenvalue weighted by atomic mass is 79.9. The van der Waals surface area contributed by atoms with Crippen LogP contribution in [0.25, 0.3) is 0 Å². The molecule has 1 aromatic rings. The molecule has 0 amide bonds. The lowest BCUT2D eigenvalue weighted by Crippen LogP contribution is -2.17. The monoisotopic (exact) mass is 407 g/mol. The van der Waals surface area contributed by atoms with Gasteiger partial charge < -0.3 is 9.64 Å². The maximum atomic E-state index is 12.1. The first-order valence-electron chi connectivity index (χ1n) is 7.77. The van der Waals surface area contributed by atoms with Crippen molar-refractivity contribution in [2.24, 2.45) is 0 Å². The van der Waals surface area contributed by atoms with Gasteiger partial charge in [0.25, 0.3) is 0 Å². The number of ether oxygens (including phenoxy) is 1. The molecule has 1 aromatic carbocycles. The van der Waals surface area contributed by atoms with Gasteiger partial charge in [0.05, 0.1) is 0 Å². The first-order valence-corrected chi connectivity index (χ1v) is 8.56. The summed E-state index contributed by atoms with van der Waals surface area (Å²) in [5, 5.41) is 0. The normalized spacial score (nSPS) is 12.8. The number of anilines is 1. The molecule has 0 saturated carbocycles. The molecule has 0 atom stereocenters. The summed E-state index contributed by atoms with van der Waals surface area (Å²) in [4.78, 5) is 1.89. The van der Waals surface area contributed by atoms with Crippen LogP contribution in [0.15, 0.2) is 46.1 Å². The van der Waals surface area contributed by atoms with Gasteiger partial charge in [-0.2, -0.15) is 0 Å². The first kappa shape index (κ1) is 22.6. The second kappa shape index (κ2) is 10.4. The number of benzene rings is 1. The average Bonchev–Trinajstić information content (AvgIpc) is 2.54. The van der Waals surface area contributed by atoms with Crippen molar-refractivity contribution >= 4 is 21.6 Å². The largest absolute Gasteiger partial charge is 0.573 e. The summed E-state index contributed by atoms with van der Waals surface area (Å²) in [5.41, 5.74) is 2.96. The highest BCUT2D eigenvalue weighted by Crippen LogP contribution is 2.27. The SMILES string of the molecule is CC.CC/C(C)=C(Br)/C=C(/C)N(C)c1ccc(OC(F)(F)F)cc1. The molecule has 0 heterocycles. The van der Waals surface area contributed by atoms with Gasteiger partial charge in [0.1, 0.15) is 5.75 Å². The Labute approximate surface area is 151 Å². The molecule has 1 rings (SSSR count). The standard InChI is InChI=1S/C16H19BrF3NO.C2H6/c1-5-11(2)15(17)10-12(3)21(4)13-6-8-14(9-7-13)22-16(18,19)20;1-2/h6-10H,5H2,1-4H3;1-2H3/b12-10-,15-11-;. The lowest BCUT2D eigenvalue weighted by atomic mass is 10.2. The van der Waals surface area contributed by atoms with Gasteiger partial charge in [-0.15, -0.1) is 13.2 Å². The van der Waals surface area contributed by atoms with Crippen molar-refractivity contribution in [2.75, 3.05) is 11.9 Å². The second-order valence-corrected chi connectivity index (χ2v) is 5.72. The fourth-order valence-corrected chi connectivity index (χ4v) is 2.26. The summed E-state index contributed by atoms with van der Waals surface area (Å²) in [6.45, 7) is 10.0. The van der Waals surface area contributed by atoms with Crippen LogP contribution in [0.4, 0.5) is 18.9 Å². The van der Waals surface area contributed by atoms with Crippen LogP contribution in [0.2, 0.25) is 0 Å². The maximum Gasteiger partial charge on any atom is 0.573 e. The first-order chi connectivity index (χ1) is 11.1. The predicted octanol–water partition coefficient (Wildman–Crippen LogP) is 7.03. The minimum Gasteiger partial charge on any atom is -0.406 e. The van der Waals surface area contributed by atoms with Crippen LogP contribution in [0.1, 0.15) is 41.0 Å². The highest BCUT2D eigenvalue weighted by Gasteiger charge is 2.30. The van der Waals surface area contributed by atoms with Gasteiger partial charge in [0.15, 0.2) is 0 Å². The number of hydrogen-bond acceptors (Lipinski definition) is 2. The van der Waals surface area contributed by atoms with E-state index in [1.165, 1.54) is 17.7 Å². The van der Waals surface area contributed by atoms with Gasteiger partial charge in [-0.25, -0.2) is 0 Å². The molecular weight excluding hydrogens is 383 g/mol. The van der Waals surface area contributed by atoms with E-state index in [1.807, 2.05) is 45.7 Å². The van der Waals surface area contributed by atoms with E-state index < -0.39 is 6.36 Å². The Bertz CT molecular complexity index is 563. The number of nitrogens with zero attached hydrogens (tertiary/aromatic N) is 1. The quantitative estimate of drug-likeness (QED) is 0.485. The van der Waals surface area contributed by atoms with Gasteiger partial charge >= 0.3 is 6.36 Å². The second-order valence-electron chi connectivity index (χ2n) is 4.87. The van der Waals surface area contributed by atoms with Crippen molar-refractivity contribution in [1.82, 2.24) is 0 Å². The molecule has 136 valence electrons. The van der Waals surface area contributed by atoms with Crippen LogP contribution in [-0.4, -0.2) is 13.4 Å². The van der Waals surface area contributed by atoms with Crippen LogP contribution in [0.3, 0.4) is 0 Å². The minimum absolute atomic E-state index is 0.228. The summed E-state index contributed by atoms with van der Waals surface area (Å²) in [7, 11) is 1.85.